The van der Waals surface area contributed by atoms with Crippen LogP contribution in [0, 0.1) is 6.92 Å². The molecular weight excluding hydrogens is 352 g/mol. The number of fused-ring (bicyclic) bond motifs is 1. The number of piperidine rings is 1. The second kappa shape index (κ2) is 7.57. The lowest BCUT2D eigenvalue weighted by atomic mass is 9.76. The van der Waals surface area contributed by atoms with E-state index in [1.807, 2.05) is 36.2 Å². The molecule has 28 heavy (non-hydrogen) atoms. The summed E-state index contributed by atoms with van der Waals surface area (Å²) in [5.41, 5.74) is 3.19. The zero-order chi connectivity index (χ0) is 19.7. The van der Waals surface area contributed by atoms with Gasteiger partial charge in [-0.25, -0.2) is 0 Å². The second-order valence-corrected chi connectivity index (χ2v) is 7.83. The number of nitrogens with zero attached hydrogens (tertiary/aromatic N) is 2. The number of hydrogen-bond donors (Lipinski definition) is 0. The van der Waals surface area contributed by atoms with E-state index in [0.717, 1.165) is 42.9 Å². The van der Waals surface area contributed by atoms with Crippen LogP contribution in [0.25, 0.3) is 0 Å². The Kier molecular flexibility index (Phi) is 5.13. The fourth-order valence-electron chi connectivity index (χ4n) is 4.72. The lowest BCUT2D eigenvalue weighted by molar-refractivity contribution is -0.183. The van der Waals surface area contributed by atoms with Crippen LogP contribution in [0.5, 0.6) is 5.75 Å². The summed E-state index contributed by atoms with van der Waals surface area (Å²) in [7, 11) is 3.63. The van der Waals surface area contributed by atoms with Gasteiger partial charge in [0.05, 0.1) is 18.8 Å². The van der Waals surface area contributed by atoms with Crippen molar-refractivity contribution in [3.8, 4) is 5.75 Å². The first-order chi connectivity index (χ1) is 13.5. The summed E-state index contributed by atoms with van der Waals surface area (Å²) < 4.78 is 11.5. The number of likely N-dealkylation sites (N-methyl/N-ethyl adjacent to an activating group) is 1. The normalized spacial score (nSPS) is 25.5. The second-order valence-electron chi connectivity index (χ2n) is 7.83. The average molecular weight is 380 g/mol. The van der Waals surface area contributed by atoms with Crippen LogP contribution in [0.3, 0.4) is 0 Å². The van der Waals surface area contributed by atoms with E-state index in [9.17, 15) is 4.79 Å². The zero-order valence-electron chi connectivity index (χ0n) is 16.9. The Balaban J connectivity index is 1.57. The number of rotatable bonds is 4. The molecule has 0 N–H and O–H groups in total. The molecule has 0 aromatic heterocycles. The molecule has 0 bridgehead atoms. The van der Waals surface area contributed by atoms with E-state index in [1.165, 1.54) is 5.56 Å². The van der Waals surface area contributed by atoms with Gasteiger partial charge in [0, 0.05) is 26.7 Å². The number of methoxy groups -OCH3 is 1. The highest BCUT2D eigenvalue weighted by molar-refractivity contribution is 5.79. The van der Waals surface area contributed by atoms with Crippen LogP contribution in [0.15, 0.2) is 48.5 Å². The van der Waals surface area contributed by atoms with Crippen LogP contribution < -0.4 is 4.74 Å². The van der Waals surface area contributed by atoms with Crippen LogP contribution in [-0.2, 0) is 21.6 Å². The van der Waals surface area contributed by atoms with Crippen LogP contribution >= 0.6 is 0 Å². The molecule has 0 unspecified atom stereocenters. The Hall–Kier alpha value is -2.37. The highest BCUT2D eigenvalue weighted by Gasteiger charge is 2.52. The van der Waals surface area contributed by atoms with Crippen molar-refractivity contribution in [3.63, 3.8) is 0 Å². The van der Waals surface area contributed by atoms with Crippen molar-refractivity contribution in [1.82, 2.24) is 9.80 Å². The number of ether oxygens (including phenoxy) is 2. The van der Waals surface area contributed by atoms with Crippen LogP contribution in [0.2, 0.25) is 0 Å². The monoisotopic (exact) mass is 380 g/mol. The highest BCUT2D eigenvalue weighted by Crippen LogP contribution is 2.42. The van der Waals surface area contributed by atoms with E-state index < -0.39 is 0 Å². The van der Waals surface area contributed by atoms with E-state index in [-0.39, 0.29) is 24.2 Å². The van der Waals surface area contributed by atoms with Gasteiger partial charge in [-0.05, 0) is 36.1 Å². The first kappa shape index (κ1) is 19.0. The molecule has 0 radical (unpaired) electrons. The average Bonchev–Trinajstić information content (AvgIpc) is 2.72. The molecule has 2 saturated heterocycles. The molecule has 2 fully saturated rings. The van der Waals surface area contributed by atoms with Gasteiger partial charge in [-0.15, -0.1) is 0 Å². The molecule has 148 valence electrons. The maximum atomic E-state index is 12.5. The van der Waals surface area contributed by atoms with Crippen molar-refractivity contribution in [2.45, 2.75) is 31.5 Å². The Morgan fingerprint density at radius 2 is 2.00 bits per heavy atom. The third kappa shape index (κ3) is 3.19. The summed E-state index contributed by atoms with van der Waals surface area (Å²) in [6, 6.07) is 16.7. The number of hydrogen-bond acceptors (Lipinski definition) is 4. The van der Waals surface area contributed by atoms with Crippen molar-refractivity contribution in [3.05, 3.63) is 65.2 Å². The molecular formula is C23H28N2O3. The topological polar surface area (TPSA) is 42.0 Å². The Morgan fingerprint density at radius 3 is 2.71 bits per heavy atom. The minimum atomic E-state index is -0.386. The third-order valence-electron chi connectivity index (χ3n) is 6.29. The zero-order valence-corrected chi connectivity index (χ0v) is 16.9. The third-order valence-corrected chi connectivity index (χ3v) is 6.29. The number of carbonyl (C=O) groups is 1. The molecule has 2 aliphatic rings. The minimum absolute atomic E-state index is 0.0364. The highest BCUT2D eigenvalue weighted by atomic mass is 16.5. The molecule has 0 saturated carbocycles. The number of carbonyl (C=O) groups excluding carboxylic acids is 1. The predicted octanol–water partition coefficient (Wildman–Crippen LogP) is 2.96. The van der Waals surface area contributed by atoms with Gasteiger partial charge in [-0.3, -0.25) is 9.69 Å². The predicted molar refractivity (Wildman–Crippen MR) is 108 cm³/mol. The molecule has 0 aliphatic carbocycles. The van der Waals surface area contributed by atoms with Crippen LogP contribution in [-0.4, -0.2) is 55.7 Å². The van der Waals surface area contributed by atoms with E-state index in [1.54, 1.807) is 7.11 Å². The maximum absolute atomic E-state index is 12.5. The quantitative estimate of drug-likeness (QED) is 0.818. The van der Waals surface area contributed by atoms with E-state index in [4.69, 9.17) is 9.47 Å². The van der Waals surface area contributed by atoms with Crippen molar-refractivity contribution < 1.29 is 14.3 Å². The smallest absolute Gasteiger partial charge is 0.249 e. The lowest BCUT2D eigenvalue weighted by Gasteiger charge is -2.55. The summed E-state index contributed by atoms with van der Waals surface area (Å²) in [5, 5.41) is 0. The molecule has 2 aliphatic heterocycles. The van der Waals surface area contributed by atoms with Crippen LogP contribution in [0.1, 0.15) is 23.1 Å². The van der Waals surface area contributed by atoms with Gasteiger partial charge in [-0.1, -0.05) is 42.5 Å². The van der Waals surface area contributed by atoms with Crippen molar-refractivity contribution >= 4 is 5.91 Å². The fourth-order valence-corrected chi connectivity index (χ4v) is 4.72. The standard InChI is InChI=1S/C23H28N2O3/c1-17-13-18(9-10-20(17)27-3)14-25-12-11-23(19-7-5-4-6-8-19)21(15-25)28-16-22(26)24(23)2/h4-10,13,21H,11-12,14-16H2,1-3H3/t21-,23+/m1/s1. The van der Waals surface area contributed by atoms with E-state index >= 15 is 0 Å². The lowest BCUT2D eigenvalue weighted by Crippen LogP contribution is -2.66. The van der Waals surface area contributed by atoms with Crippen molar-refractivity contribution in [2.24, 2.45) is 0 Å². The molecule has 4 rings (SSSR count). The van der Waals surface area contributed by atoms with Gasteiger partial charge in [0.1, 0.15) is 12.4 Å². The minimum Gasteiger partial charge on any atom is -0.496 e. The summed E-state index contributed by atoms with van der Waals surface area (Å²) in [6.07, 6.45) is 0.824. The molecule has 2 aromatic carbocycles. The first-order valence-electron chi connectivity index (χ1n) is 9.84. The number of likely N-dealkylation sites (tertiary alicyclic amines) is 1. The van der Waals surface area contributed by atoms with Gasteiger partial charge in [0.2, 0.25) is 5.91 Å². The molecule has 2 aromatic rings. The van der Waals surface area contributed by atoms with Gasteiger partial charge >= 0.3 is 0 Å². The van der Waals surface area contributed by atoms with Gasteiger partial charge < -0.3 is 14.4 Å². The Morgan fingerprint density at radius 1 is 1.21 bits per heavy atom. The largest absolute Gasteiger partial charge is 0.496 e. The first-order valence-corrected chi connectivity index (χ1v) is 9.84. The van der Waals surface area contributed by atoms with Crippen molar-refractivity contribution in [2.75, 3.05) is 33.9 Å². The number of amides is 1. The number of benzene rings is 2. The number of morpholine rings is 1. The summed E-state index contributed by atoms with van der Waals surface area (Å²) in [6.45, 7) is 4.82. The Labute approximate surface area is 166 Å². The summed E-state index contributed by atoms with van der Waals surface area (Å²) in [5.74, 6) is 0.973. The maximum Gasteiger partial charge on any atom is 0.249 e. The van der Waals surface area contributed by atoms with Gasteiger partial charge in [-0.2, -0.15) is 0 Å². The molecule has 5 nitrogen and oxygen atoms in total. The van der Waals surface area contributed by atoms with Crippen LogP contribution in [0.4, 0.5) is 0 Å². The summed E-state index contributed by atoms with van der Waals surface area (Å²) in [4.78, 5) is 16.8. The number of aryl methyl sites for hydroxylation is 1. The molecule has 0 spiro atoms. The van der Waals surface area contributed by atoms with E-state index in [2.05, 4.69) is 36.1 Å². The SMILES string of the molecule is COc1ccc(CN2CC[C@]3(c4ccccc4)[C@@H](C2)OCC(=O)N3C)cc1C. The summed E-state index contributed by atoms with van der Waals surface area (Å²) >= 11 is 0. The van der Waals surface area contributed by atoms with E-state index in [0.29, 0.717) is 0 Å². The van der Waals surface area contributed by atoms with Gasteiger partial charge in [0.25, 0.3) is 0 Å². The van der Waals surface area contributed by atoms with Gasteiger partial charge in [0.15, 0.2) is 0 Å². The molecule has 1 amide bonds. The molecule has 5 heteroatoms. The Bertz CT molecular complexity index is 854. The van der Waals surface area contributed by atoms with Crippen molar-refractivity contribution in [1.29, 1.82) is 0 Å². The molecule has 2 heterocycles. The molecule has 2 atom stereocenters. The fraction of sp³-hybridized carbons (Fsp3) is 0.435.